The van der Waals surface area contributed by atoms with E-state index < -0.39 is 11.8 Å². The third kappa shape index (κ3) is 2.11. The molecule has 0 aliphatic carbocycles. The molecule has 0 spiro atoms. The molecule has 0 atom stereocenters. The quantitative estimate of drug-likeness (QED) is 0.429. The zero-order chi connectivity index (χ0) is 10.8. The summed E-state index contributed by atoms with van der Waals surface area (Å²) in [6.45, 7) is 0. The molecule has 0 unspecified atom stereocenters. The summed E-state index contributed by atoms with van der Waals surface area (Å²) in [5.74, 6) is -0.926. The summed E-state index contributed by atoms with van der Waals surface area (Å²) >= 11 is 6.17. The molecule has 2 amide bonds. The van der Waals surface area contributed by atoms with Gasteiger partial charge in [-0.3, -0.25) is 20.2 Å². The fourth-order valence-electron chi connectivity index (χ4n) is 1.13. The van der Waals surface area contributed by atoms with Crippen molar-refractivity contribution >= 4 is 46.6 Å². The Hall–Kier alpha value is -1.53. The van der Waals surface area contributed by atoms with E-state index in [0.29, 0.717) is 0 Å². The number of carbonyl (C=O) groups is 2. The van der Waals surface area contributed by atoms with Crippen molar-refractivity contribution in [3.05, 3.63) is 28.0 Å². The number of carbonyl (C=O) groups excluding carboxylic acids is 2. The average molecular weight is 238 g/mol. The lowest BCUT2D eigenvalue weighted by molar-refractivity contribution is -0.123. The first-order chi connectivity index (χ1) is 7.16. The van der Waals surface area contributed by atoms with Gasteiger partial charge in [0, 0.05) is 0 Å². The molecule has 0 radical (unpaired) electrons. The van der Waals surface area contributed by atoms with Crippen LogP contribution < -0.4 is 10.6 Å². The highest BCUT2D eigenvalue weighted by molar-refractivity contribution is 7.80. The molecule has 1 aliphatic rings. The third-order valence-corrected chi connectivity index (χ3v) is 2.70. The summed E-state index contributed by atoms with van der Waals surface area (Å²) in [5.41, 5.74) is 0.898. The number of thiocarbonyl (C=S) groups is 1. The van der Waals surface area contributed by atoms with Crippen LogP contribution in [0.15, 0.2) is 22.4 Å². The lowest BCUT2D eigenvalue weighted by atomic mass is 10.1. The van der Waals surface area contributed by atoms with Crippen LogP contribution in [0, 0.1) is 0 Å². The Kier molecular flexibility index (Phi) is 2.61. The molecule has 1 saturated heterocycles. The minimum Gasteiger partial charge on any atom is -0.299 e. The number of amides is 2. The Balaban J connectivity index is 2.32. The largest absolute Gasteiger partial charge is 0.299 e. The fraction of sp³-hybridized carbons (Fsp3) is 0. The first kappa shape index (κ1) is 10.0. The van der Waals surface area contributed by atoms with Crippen LogP contribution >= 0.6 is 23.6 Å². The van der Waals surface area contributed by atoms with Crippen molar-refractivity contribution in [2.75, 3.05) is 0 Å². The summed E-state index contributed by atoms with van der Waals surface area (Å²) in [6.07, 6.45) is 1.53. The Morgan fingerprint density at radius 3 is 2.47 bits per heavy atom. The van der Waals surface area contributed by atoms with Crippen molar-refractivity contribution in [3.8, 4) is 0 Å². The standard InChI is InChI=1S/C9H6N2O2S2/c12-7-6(3-5-1-2-15-4-5)8(13)11-9(14)10-7/h1-4H,(H2,10,11,12,13,14). The normalized spacial score (nSPS) is 16.0. The number of hydrogen-bond acceptors (Lipinski definition) is 4. The maximum Gasteiger partial charge on any atom is 0.263 e. The number of thiophene rings is 1. The second kappa shape index (κ2) is 3.92. The average Bonchev–Trinajstić information content (AvgIpc) is 2.63. The monoisotopic (exact) mass is 238 g/mol. The minimum atomic E-state index is -0.463. The lowest BCUT2D eigenvalue weighted by Crippen LogP contribution is -2.51. The van der Waals surface area contributed by atoms with Gasteiger partial charge < -0.3 is 0 Å². The van der Waals surface area contributed by atoms with Gasteiger partial charge in [-0.25, -0.2) is 0 Å². The van der Waals surface area contributed by atoms with Crippen LogP contribution in [0.3, 0.4) is 0 Å². The number of nitrogens with one attached hydrogen (secondary N) is 2. The van der Waals surface area contributed by atoms with E-state index in [1.165, 1.54) is 17.4 Å². The Morgan fingerprint density at radius 2 is 1.93 bits per heavy atom. The van der Waals surface area contributed by atoms with Gasteiger partial charge in [-0.05, 0) is 40.7 Å². The summed E-state index contributed by atoms with van der Waals surface area (Å²) in [7, 11) is 0. The lowest BCUT2D eigenvalue weighted by Gasteiger charge is -2.15. The van der Waals surface area contributed by atoms with Gasteiger partial charge in [-0.1, -0.05) is 0 Å². The Bertz CT molecular complexity index is 440. The highest BCUT2D eigenvalue weighted by Gasteiger charge is 2.25. The van der Waals surface area contributed by atoms with Gasteiger partial charge in [0.15, 0.2) is 5.11 Å². The molecular formula is C9H6N2O2S2. The van der Waals surface area contributed by atoms with Crippen molar-refractivity contribution in [1.82, 2.24) is 10.6 Å². The molecule has 2 N–H and O–H groups in total. The summed E-state index contributed by atoms with van der Waals surface area (Å²) in [5, 5.41) is 8.50. The molecule has 1 aliphatic heterocycles. The van der Waals surface area contributed by atoms with E-state index in [-0.39, 0.29) is 10.7 Å². The van der Waals surface area contributed by atoms with Gasteiger partial charge in [0.2, 0.25) is 0 Å². The van der Waals surface area contributed by atoms with Crippen molar-refractivity contribution in [2.45, 2.75) is 0 Å². The first-order valence-corrected chi connectivity index (χ1v) is 5.42. The summed E-state index contributed by atoms with van der Waals surface area (Å²) < 4.78 is 0. The van der Waals surface area contributed by atoms with Crippen molar-refractivity contribution in [3.63, 3.8) is 0 Å². The molecule has 2 heterocycles. The van der Waals surface area contributed by atoms with Gasteiger partial charge >= 0.3 is 0 Å². The maximum absolute atomic E-state index is 11.4. The van der Waals surface area contributed by atoms with Crippen molar-refractivity contribution in [2.24, 2.45) is 0 Å². The van der Waals surface area contributed by atoms with E-state index in [4.69, 9.17) is 0 Å². The SMILES string of the molecule is O=C1NC(=S)NC(=O)C1=Cc1ccsc1. The molecule has 15 heavy (non-hydrogen) atoms. The van der Waals surface area contributed by atoms with Crippen LogP contribution in [0.25, 0.3) is 6.08 Å². The second-order valence-electron chi connectivity index (χ2n) is 2.85. The van der Waals surface area contributed by atoms with Crippen molar-refractivity contribution in [1.29, 1.82) is 0 Å². The van der Waals surface area contributed by atoms with E-state index in [1.54, 1.807) is 0 Å². The van der Waals surface area contributed by atoms with E-state index in [2.05, 4.69) is 22.9 Å². The Labute approximate surface area is 95.0 Å². The molecule has 0 saturated carbocycles. The van der Waals surface area contributed by atoms with Gasteiger partial charge in [0.1, 0.15) is 5.57 Å². The van der Waals surface area contributed by atoms with E-state index in [9.17, 15) is 9.59 Å². The van der Waals surface area contributed by atoms with E-state index in [1.807, 2.05) is 16.8 Å². The molecule has 76 valence electrons. The van der Waals surface area contributed by atoms with Crippen molar-refractivity contribution < 1.29 is 9.59 Å². The predicted octanol–water partition coefficient (Wildman–Crippen LogP) is 0.662. The smallest absolute Gasteiger partial charge is 0.263 e. The van der Waals surface area contributed by atoms with Gasteiger partial charge in [-0.15, -0.1) is 0 Å². The summed E-state index contributed by atoms with van der Waals surface area (Å²) in [4.78, 5) is 22.8. The molecule has 2 rings (SSSR count). The molecular weight excluding hydrogens is 232 g/mol. The van der Waals surface area contributed by atoms with Gasteiger partial charge in [0.05, 0.1) is 0 Å². The first-order valence-electron chi connectivity index (χ1n) is 4.07. The molecule has 1 fully saturated rings. The molecule has 1 aromatic rings. The molecule has 6 heteroatoms. The predicted molar refractivity (Wildman–Crippen MR) is 61.2 cm³/mol. The third-order valence-electron chi connectivity index (χ3n) is 1.80. The number of hydrogen-bond donors (Lipinski definition) is 2. The molecule has 0 aromatic carbocycles. The Morgan fingerprint density at radius 1 is 1.27 bits per heavy atom. The van der Waals surface area contributed by atoms with Crippen LogP contribution in [-0.4, -0.2) is 16.9 Å². The number of rotatable bonds is 1. The zero-order valence-corrected chi connectivity index (χ0v) is 9.08. The van der Waals surface area contributed by atoms with Crippen LogP contribution in [0.1, 0.15) is 5.56 Å². The van der Waals surface area contributed by atoms with Crippen LogP contribution in [-0.2, 0) is 9.59 Å². The zero-order valence-electron chi connectivity index (χ0n) is 7.44. The summed E-state index contributed by atoms with van der Waals surface area (Å²) in [6, 6.07) is 1.82. The van der Waals surface area contributed by atoms with E-state index in [0.717, 1.165) is 5.56 Å². The highest BCUT2D eigenvalue weighted by atomic mass is 32.1. The van der Waals surface area contributed by atoms with Gasteiger partial charge in [0.25, 0.3) is 11.8 Å². The topological polar surface area (TPSA) is 58.2 Å². The van der Waals surface area contributed by atoms with Crippen LogP contribution in [0.4, 0.5) is 0 Å². The highest BCUT2D eigenvalue weighted by Crippen LogP contribution is 2.12. The molecule has 4 nitrogen and oxygen atoms in total. The van der Waals surface area contributed by atoms with Crippen LogP contribution in [0.2, 0.25) is 0 Å². The van der Waals surface area contributed by atoms with E-state index >= 15 is 0 Å². The molecule has 0 bridgehead atoms. The minimum absolute atomic E-state index is 0.0486. The van der Waals surface area contributed by atoms with Gasteiger partial charge in [-0.2, -0.15) is 11.3 Å². The second-order valence-corrected chi connectivity index (χ2v) is 4.04. The maximum atomic E-state index is 11.4. The van der Waals surface area contributed by atoms with Crippen LogP contribution in [0.5, 0.6) is 0 Å². The molecule has 1 aromatic heterocycles. The fourth-order valence-corrected chi connectivity index (χ4v) is 1.93.